The minimum Gasteiger partial charge on any atom is -0.370 e. The Morgan fingerprint density at radius 1 is 0.714 bits per heavy atom. The summed E-state index contributed by atoms with van der Waals surface area (Å²) in [4.78, 5) is 30.7. The molecule has 0 aliphatic heterocycles. The second-order valence-electron chi connectivity index (χ2n) is 4.38. The minimum absolute atomic E-state index is 0.391. The van der Waals surface area contributed by atoms with Gasteiger partial charge in [-0.15, -0.1) is 0 Å². The van der Waals surface area contributed by atoms with Crippen molar-refractivity contribution in [3.63, 3.8) is 0 Å². The maximum Gasteiger partial charge on any atom is 0.356 e. The van der Waals surface area contributed by atoms with Gasteiger partial charge in [-0.3, -0.25) is 0 Å². The zero-order chi connectivity index (χ0) is 15.2. The lowest BCUT2D eigenvalue weighted by Gasteiger charge is -2.04. The Morgan fingerprint density at radius 2 is 1.05 bits per heavy atom. The van der Waals surface area contributed by atoms with Gasteiger partial charge in [0.1, 0.15) is 0 Å². The predicted octanol–water partition coefficient (Wildman–Crippen LogP) is 1.34. The molecule has 4 N–H and O–H groups in total. The average Bonchev–Trinajstić information content (AvgIpc) is 2.55. The summed E-state index contributed by atoms with van der Waals surface area (Å²) in [7, 11) is 0. The molecule has 2 rings (SSSR count). The fourth-order valence-corrected chi connectivity index (χ4v) is 1.89. The van der Waals surface area contributed by atoms with E-state index in [1.165, 1.54) is 0 Å². The average molecular weight is 286 g/mol. The first kappa shape index (κ1) is 14.7. The predicted molar refractivity (Wildman–Crippen MR) is 74.9 cm³/mol. The molecule has 0 spiro atoms. The summed E-state index contributed by atoms with van der Waals surface area (Å²) in [5.74, 6) is 8.48. The van der Waals surface area contributed by atoms with E-state index < -0.39 is 11.9 Å². The Balaban J connectivity index is 2.08. The number of carbonyl (C=O) groups is 2. The number of rotatable bonds is 4. The van der Waals surface area contributed by atoms with Gasteiger partial charge in [0.15, 0.2) is 0 Å². The Bertz CT molecular complexity index is 578. The summed E-state index contributed by atoms with van der Waals surface area (Å²) in [6.45, 7) is 0. The van der Waals surface area contributed by atoms with Crippen LogP contribution in [0.15, 0.2) is 48.5 Å². The van der Waals surface area contributed by atoms with Crippen LogP contribution in [0.25, 0.3) is 0 Å². The SMILES string of the molecule is NOC(=O)c1ccc(Cc2ccc(C(=O)ON)cc2)cc1. The van der Waals surface area contributed by atoms with Crippen LogP contribution in [-0.2, 0) is 16.1 Å². The van der Waals surface area contributed by atoms with Crippen molar-refractivity contribution in [2.24, 2.45) is 11.8 Å². The Labute approximate surface area is 121 Å². The van der Waals surface area contributed by atoms with Crippen molar-refractivity contribution in [2.45, 2.75) is 6.42 Å². The molecule has 0 unspecified atom stereocenters. The summed E-state index contributed by atoms with van der Waals surface area (Å²) < 4.78 is 0. The first-order valence-electron chi connectivity index (χ1n) is 6.14. The maximum absolute atomic E-state index is 11.2. The standard InChI is InChI=1S/C15H14N2O4/c16-20-14(18)12-5-1-10(2-6-12)9-11-3-7-13(8-4-11)15(19)21-17/h1-8H,9,16-17H2. The quantitative estimate of drug-likeness (QED) is 0.822. The number of carbonyl (C=O) groups excluding carboxylic acids is 2. The van der Waals surface area contributed by atoms with Crippen LogP contribution in [0.2, 0.25) is 0 Å². The van der Waals surface area contributed by atoms with Crippen molar-refractivity contribution in [2.75, 3.05) is 0 Å². The second-order valence-corrected chi connectivity index (χ2v) is 4.38. The Hall–Kier alpha value is -2.70. The van der Waals surface area contributed by atoms with Crippen LogP contribution >= 0.6 is 0 Å². The molecule has 108 valence electrons. The van der Waals surface area contributed by atoms with Gasteiger partial charge in [-0.25, -0.2) is 9.59 Å². The Kier molecular flexibility index (Phi) is 4.65. The molecule has 0 aromatic heterocycles. The highest BCUT2D eigenvalue weighted by Gasteiger charge is 2.07. The summed E-state index contributed by atoms with van der Waals surface area (Å²) in [5, 5.41) is 0. The van der Waals surface area contributed by atoms with E-state index in [2.05, 4.69) is 9.68 Å². The summed E-state index contributed by atoms with van der Waals surface area (Å²) >= 11 is 0. The molecule has 6 nitrogen and oxygen atoms in total. The molecule has 2 aromatic rings. The largest absolute Gasteiger partial charge is 0.370 e. The van der Waals surface area contributed by atoms with E-state index in [0.29, 0.717) is 17.5 Å². The van der Waals surface area contributed by atoms with Crippen molar-refractivity contribution in [1.82, 2.24) is 0 Å². The van der Waals surface area contributed by atoms with Gasteiger partial charge in [0.2, 0.25) is 0 Å². The molecule has 2 aromatic carbocycles. The molecule has 21 heavy (non-hydrogen) atoms. The van der Waals surface area contributed by atoms with Gasteiger partial charge in [0, 0.05) is 0 Å². The molecule has 0 aliphatic rings. The fraction of sp³-hybridized carbons (Fsp3) is 0.0667. The minimum atomic E-state index is -0.578. The molecule has 0 atom stereocenters. The zero-order valence-electron chi connectivity index (χ0n) is 11.1. The van der Waals surface area contributed by atoms with Crippen LogP contribution in [0.4, 0.5) is 0 Å². The topological polar surface area (TPSA) is 105 Å². The third-order valence-corrected chi connectivity index (χ3v) is 3.00. The van der Waals surface area contributed by atoms with E-state index in [4.69, 9.17) is 11.8 Å². The number of nitrogens with two attached hydrogens (primary N) is 2. The number of hydrogen-bond acceptors (Lipinski definition) is 6. The highest BCUT2D eigenvalue weighted by atomic mass is 16.7. The third-order valence-electron chi connectivity index (χ3n) is 3.00. The van der Waals surface area contributed by atoms with Crippen molar-refractivity contribution < 1.29 is 19.3 Å². The second kappa shape index (κ2) is 6.65. The molecule has 0 amide bonds. The fourth-order valence-electron chi connectivity index (χ4n) is 1.89. The lowest BCUT2D eigenvalue weighted by molar-refractivity contribution is 0.0495. The molecule has 0 fully saturated rings. The molecule has 0 radical (unpaired) electrons. The highest BCUT2D eigenvalue weighted by molar-refractivity contribution is 5.89. The van der Waals surface area contributed by atoms with Crippen molar-refractivity contribution in [1.29, 1.82) is 0 Å². The zero-order valence-corrected chi connectivity index (χ0v) is 11.1. The third kappa shape index (κ3) is 3.65. The number of benzene rings is 2. The van der Waals surface area contributed by atoms with Crippen molar-refractivity contribution in [3.8, 4) is 0 Å². The van der Waals surface area contributed by atoms with E-state index in [1.807, 2.05) is 24.3 Å². The smallest absolute Gasteiger partial charge is 0.356 e. The van der Waals surface area contributed by atoms with E-state index in [0.717, 1.165) is 11.1 Å². The van der Waals surface area contributed by atoms with E-state index in [9.17, 15) is 9.59 Å². The van der Waals surface area contributed by atoms with Gasteiger partial charge in [-0.2, -0.15) is 11.8 Å². The van der Waals surface area contributed by atoms with E-state index >= 15 is 0 Å². The van der Waals surface area contributed by atoms with E-state index in [1.54, 1.807) is 24.3 Å². The molecule has 0 aliphatic carbocycles. The van der Waals surface area contributed by atoms with Crippen LogP contribution < -0.4 is 11.8 Å². The van der Waals surface area contributed by atoms with Crippen LogP contribution in [0.1, 0.15) is 31.8 Å². The van der Waals surface area contributed by atoms with Crippen LogP contribution in [0.5, 0.6) is 0 Å². The molecule has 0 saturated carbocycles. The van der Waals surface area contributed by atoms with Crippen molar-refractivity contribution in [3.05, 3.63) is 70.8 Å². The van der Waals surface area contributed by atoms with Gasteiger partial charge in [0.25, 0.3) is 0 Å². The highest BCUT2D eigenvalue weighted by Crippen LogP contribution is 2.13. The number of hydrogen-bond donors (Lipinski definition) is 2. The van der Waals surface area contributed by atoms with Gasteiger partial charge in [-0.1, -0.05) is 24.3 Å². The van der Waals surface area contributed by atoms with Crippen LogP contribution in [-0.4, -0.2) is 11.9 Å². The first-order valence-corrected chi connectivity index (χ1v) is 6.14. The maximum atomic E-state index is 11.2. The van der Waals surface area contributed by atoms with Gasteiger partial charge < -0.3 is 9.68 Å². The lowest BCUT2D eigenvalue weighted by atomic mass is 10.0. The van der Waals surface area contributed by atoms with Gasteiger partial charge in [-0.05, 0) is 41.8 Å². The summed E-state index contributed by atoms with van der Waals surface area (Å²) in [5.41, 5.74) is 2.81. The summed E-state index contributed by atoms with van der Waals surface area (Å²) in [6.07, 6.45) is 0.663. The molecule has 0 saturated heterocycles. The van der Waals surface area contributed by atoms with Crippen LogP contribution in [0.3, 0.4) is 0 Å². The molecule has 6 heteroatoms. The van der Waals surface area contributed by atoms with Crippen molar-refractivity contribution >= 4 is 11.9 Å². The molecular weight excluding hydrogens is 272 g/mol. The molecule has 0 heterocycles. The Morgan fingerprint density at radius 3 is 1.33 bits per heavy atom. The van der Waals surface area contributed by atoms with Crippen LogP contribution in [0, 0.1) is 0 Å². The lowest BCUT2D eigenvalue weighted by Crippen LogP contribution is -2.10. The molecule has 0 bridgehead atoms. The summed E-state index contributed by atoms with van der Waals surface area (Å²) in [6, 6.07) is 13.8. The normalized spacial score (nSPS) is 10.0. The monoisotopic (exact) mass is 286 g/mol. The van der Waals surface area contributed by atoms with Gasteiger partial charge in [0.05, 0.1) is 11.1 Å². The van der Waals surface area contributed by atoms with E-state index in [-0.39, 0.29) is 0 Å². The molecular formula is C15H14N2O4. The first-order chi connectivity index (χ1) is 10.1. The van der Waals surface area contributed by atoms with Gasteiger partial charge >= 0.3 is 11.9 Å².